The highest BCUT2D eigenvalue weighted by Crippen LogP contribution is 2.18. The number of benzene rings is 2. The Kier molecular flexibility index (Phi) is 9.20. The van der Waals surface area contributed by atoms with Gasteiger partial charge in [-0.25, -0.2) is 0 Å². The molecule has 2 amide bonds. The maximum atomic E-state index is 13.1. The summed E-state index contributed by atoms with van der Waals surface area (Å²) in [5.74, 6) is 0.200. The Morgan fingerprint density at radius 3 is 2.34 bits per heavy atom. The minimum absolute atomic E-state index is 0.0203. The maximum absolute atomic E-state index is 13.1. The lowest BCUT2D eigenvalue weighted by Crippen LogP contribution is -2.51. The van der Waals surface area contributed by atoms with Crippen molar-refractivity contribution >= 4 is 23.4 Å². The van der Waals surface area contributed by atoms with E-state index in [1.54, 1.807) is 11.0 Å². The van der Waals surface area contributed by atoms with Gasteiger partial charge in [0.1, 0.15) is 6.04 Å². The zero-order valence-electron chi connectivity index (χ0n) is 17.5. The van der Waals surface area contributed by atoms with Crippen molar-refractivity contribution in [3.8, 4) is 0 Å². The van der Waals surface area contributed by atoms with Crippen LogP contribution in [0, 0.1) is 5.92 Å². The highest BCUT2D eigenvalue weighted by Gasteiger charge is 2.29. The molecule has 0 unspecified atom stereocenters. The van der Waals surface area contributed by atoms with Crippen LogP contribution in [0.5, 0.6) is 0 Å². The van der Waals surface area contributed by atoms with Crippen LogP contribution in [-0.2, 0) is 22.6 Å². The Bertz CT molecular complexity index is 792. The first-order valence-corrected chi connectivity index (χ1v) is 10.6. The van der Waals surface area contributed by atoms with E-state index in [4.69, 9.17) is 11.6 Å². The summed E-state index contributed by atoms with van der Waals surface area (Å²) in [5, 5.41) is 3.64. The minimum atomic E-state index is -0.575. The lowest BCUT2D eigenvalue weighted by Gasteiger charge is -2.32. The van der Waals surface area contributed by atoms with E-state index in [-0.39, 0.29) is 11.8 Å². The molecule has 1 N–H and O–H groups in total. The van der Waals surface area contributed by atoms with Crippen molar-refractivity contribution < 1.29 is 9.59 Å². The summed E-state index contributed by atoms with van der Waals surface area (Å²) < 4.78 is 0. The number of carbonyl (C=O) groups excluding carboxylic acids is 2. The van der Waals surface area contributed by atoms with Gasteiger partial charge in [0, 0.05) is 31.0 Å². The summed E-state index contributed by atoms with van der Waals surface area (Å²) in [7, 11) is 0. The third-order valence-corrected chi connectivity index (χ3v) is 4.90. The second-order valence-electron chi connectivity index (χ2n) is 7.75. The third-order valence-electron chi connectivity index (χ3n) is 4.66. The second kappa shape index (κ2) is 11.6. The highest BCUT2D eigenvalue weighted by molar-refractivity contribution is 6.30. The van der Waals surface area contributed by atoms with Gasteiger partial charge in [0.25, 0.3) is 0 Å². The molecular formula is C24H31ClN2O2. The molecule has 0 aliphatic rings. The smallest absolute Gasteiger partial charge is 0.243 e. The molecule has 5 heteroatoms. The number of amides is 2. The average molecular weight is 415 g/mol. The molecule has 0 radical (unpaired) electrons. The summed E-state index contributed by atoms with van der Waals surface area (Å²) in [6, 6.07) is 16.7. The van der Waals surface area contributed by atoms with Gasteiger partial charge in [-0.15, -0.1) is 0 Å². The van der Waals surface area contributed by atoms with Crippen molar-refractivity contribution in [2.45, 2.75) is 52.6 Å². The van der Waals surface area contributed by atoms with Gasteiger partial charge >= 0.3 is 0 Å². The standard InChI is InChI=1S/C24H31ClN2O2/c1-4-9-23(28)27(17-20-12-8-13-21(25)14-20)22(24(29)26-16-18(2)3)15-19-10-6-5-7-11-19/h5-8,10-14,18,22H,4,9,15-17H2,1-3H3,(H,26,29)/t22-/m0/s1. The molecule has 0 heterocycles. The number of rotatable bonds is 10. The summed E-state index contributed by atoms with van der Waals surface area (Å²) >= 11 is 6.14. The predicted octanol–water partition coefficient (Wildman–Crippen LogP) is 4.85. The summed E-state index contributed by atoms with van der Waals surface area (Å²) in [6.07, 6.45) is 1.61. The minimum Gasteiger partial charge on any atom is -0.354 e. The Morgan fingerprint density at radius 1 is 1.03 bits per heavy atom. The summed E-state index contributed by atoms with van der Waals surface area (Å²) in [6.45, 7) is 7.01. The van der Waals surface area contributed by atoms with Crippen molar-refractivity contribution in [3.63, 3.8) is 0 Å². The first-order chi connectivity index (χ1) is 13.9. The summed E-state index contributed by atoms with van der Waals surface area (Å²) in [4.78, 5) is 27.9. The molecule has 0 saturated heterocycles. The fourth-order valence-electron chi connectivity index (χ4n) is 3.17. The van der Waals surface area contributed by atoms with Crippen LogP contribution in [0.15, 0.2) is 54.6 Å². The largest absolute Gasteiger partial charge is 0.354 e. The van der Waals surface area contributed by atoms with Gasteiger partial charge in [-0.3, -0.25) is 9.59 Å². The molecule has 0 spiro atoms. The lowest BCUT2D eigenvalue weighted by molar-refractivity contribution is -0.141. The zero-order valence-corrected chi connectivity index (χ0v) is 18.3. The molecule has 29 heavy (non-hydrogen) atoms. The van der Waals surface area contributed by atoms with Gasteiger partial charge in [-0.2, -0.15) is 0 Å². The topological polar surface area (TPSA) is 49.4 Å². The van der Waals surface area contributed by atoms with E-state index in [1.165, 1.54) is 0 Å². The van der Waals surface area contributed by atoms with E-state index in [2.05, 4.69) is 19.2 Å². The van der Waals surface area contributed by atoms with Crippen molar-refractivity contribution in [2.75, 3.05) is 6.54 Å². The van der Waals surface area contributed by atoms with Gasteiger partial charge in [-0.05, 0) is 35.6 Å². The fraction of sp³-hybridized carbons (Fsp3) is 0.417. The van der Waals surface area contributed by atoms with E-state index < -0.39 is 6.04 Å². The van der Waals surface area contributed by atoms with E-state index in [9.17, 15) is 9.59 Å². The molecule has 0 saturated carbocycles. The molecule has 2 rings (SSSR count). The number of carbonyl (C=O) groups is 2. The SMILES string of the molecule is CCCC(=O)N(Cc1cccc(Cl)c1)[C@@H](Cc1ccccc1)C(=O)NCC(C)C. The van der Waals surface area contributed by atoms with E-state index in [1.807, 2.05) is 55.5 Å². The van der Waals surface area contributed by atoms with Crippen LogP contribution in [0.3, 0.4) is 0 Å². The van der Waals surface area contributed by atoms with Crippen LogP contribution in [0.25, 0.3) is 0 Å². The molecule has 0 aromatic heterocycles. The van der Waals surface area contributed by atoms with Gasteiger partial charge in [0.05, 0.1) is 0 Å². The second-order valence-corrected chi connectivity index (χ2v) is 8.18. The Morgan fingerprint density at radius 2 is 1.72 bits per heavy atom. The molecule has 0 aliphatic carbocycles. The van der Waals surface area contributed by atoms with Crippen LogP contribution in [0.4, 0.5) is 0 Å². The normalized spacial score (nSPS) is 11.9. The molecule has 0 aliphatic heterocycles. The van der Waals surface area contributed by atoms with E-state index >= 15 is 0 Å². The van der Waals surface area contributed by atoms with E-state index in [0.717, 1.165) is 17.5 Å². The Balaban J connectivity index is 2.34. The van der Waals surface area contributed by atoms with Crippen molar-refractivity contribution in [3.05, 3.63) is 70.7 Å². The molecule has 1 atom stereocenters. The average Bonchev–Trinajstić information content (AvgIpc) is 2.69. The molecule has 0 bridgehead atoms. The first-order valence-electron chi connectivity index (χ1n) is 10.3. The number of hydrogen-bond acceptors (Lipinski definition) is 2. The van der Waals surface area contributed by atoms with Crippen LogP contribution in [-0.4, -0.2) is 29.3 Å². The van der Waals surface area contributed by atoms with Crippen molar-refractivity contribution in [2.24, 2.45) is 5.92 Å². The zero-order chi connectivity index (χ0) is 21.2. The van der Waals surface area contributed by atoms with Gasteiger partial charge in [0.15, 0.2) is 0 Å². The monoisotopic (exact) mass is 414 g/mol. The molecule has 156 valence electrons. The highest BCUT2D eigenvalue weighted by atomic mass is 35.5. The maximum Gasteiger partial charge on any atom is 0.243 e. The molecule has 2 aromatic rings. The van der Waals surface area contributed by atoms with Crippen LogP contribution in [0.2, 0.25) is 5.02 Å². The molecule has 0 fully saturated rings. The van der Waals surface area contributed by atoms with Gasteiger partial charge < -0.3 is 10.2 Å². The summed E-state index contributed by atoms with van der Waals surface area (Å²) in [5.41, 5.74) is 1.94. The third kappa shape index (κ3) is 7.54. The Hall–Kier alpha value is -2.33. The fourth-order valence-corrected chi connectivity index (χ4v) is 3.38. The molecule has 4 nitrogen and oxygen atoms in total. The van der Waals surface area contributed by atoms with Crippen LogP contribution < -0.4 is 5.32 Å². The Labute approximate surface area is 179 Å². The number of halogens is 1. The van der Waals surface area contributed by atoms with Crippen LogP contribution >= 0.6 is 11.6 Å². The molecular weight excluding hydrogens is 384 g/mol. The number of nitrogens with one attached hydrogen (secondary N) is 1. The van der Waals surface area contributed by atoms with E-state index in [0.29, 0.717) is 36.9 Å². The van der Waals surface area contributed by atoms with Crippen LogP contribution in [0.1, 0.15) is 44.7 Å². The van der Waals surface area contributed by atoms with Gasteiger partial charge in [0.2, 0.25) is 11.8 Å². The number of nitrogens with zero attached hydrogens (tertiary/aromatic N) is 1. The van der Waals surface area contributed by atoms with Gasteiger partial charge in [-0.1, -0.05) is 74.8 Å². The lowest BCUT2D eigenvalue weighted by atomic mass is 10.0. The molecule has 2 aromatic carbocycles. The van der Waals surface area contributed by atoms with Crippen molar-refractivity contribution in [1.82, 2.24) is 10.2 Å². The predicted molar refractivity (Wildman–Crippen MR) is 119 cm³/mol. The van der Waals surface area contributed by atoms with Crippen molar-refractivity contribution in [1.29, 1.82) is 0 Å². The number of hydrogen-bond donors (Lipinski definition) is 1. The first kappa shape index (κ1) is 23.0. The quantitative estimate of drug-likeness (QED) is 0.604.